The molecule has 0 aliphatic carbocycles. The fourth-order valence-electron chi connectivity index (χ4n) is 2.74. The highest BCUT2D eigenvalue weighted by Crippen LogP contribution is 2.36. The maximum atomic E-state index is 13.0. The van der Waals surface area contributed by atoms with Crippen LogP contribution in [0, 0.1) is 16.0 Å². The van der Waals surface area contributed by atoms with Crippen molar-refractivity contribution in [1.82, 2.24) is 10.2 Å². The van der Waals surface area contributed by atoms with Crippen molar-refractivity contribution in [3.05, 3.63) is 28.3 Å². The fraction of sp³-hybridized carbons (Fsp3) is 0.500. The lowest BCUT2D eigenvalue weighted by Gasteiger charge is -2.30. The number of carbonyl (C=O) groups is 1. The third-order valence-electron chi connectivity index (χ3n) is 4.12. The van der Waals surface area contributed by atoms with Crippen LogP contribution in [0.15, 0.2) is 22.5 Å². The summed E-state index contributed by atoms with van der Waals surface area (Å²) in [5.74, 6) is 0.743. The van der Waals surface area contributed by atoms with Crippen molar-refractivity contribution >= 4 is 55.5 Å². The van der Waals surface area contributed by atoms with Gasteiger partial charge in [0.05, 0.1) is 18.3 Å². The molecule has 1 heterocycles. The average Bonchev–Trinajstić information content (AvgIpc) is 3.16. The summed E-state index contributed by atoms with van der Waals surface area (Å²) in [4.78, 5) is 23.6. The lowest BCUT2D eigenvalue weighted by Crippen LogP contribution is -2.47. The molecule has 0 aliphatic heterocycles. The number of ether oxygens (including phenoxy) is 1. The van der Waals surface area contributed by atoms with E-state index in [2.05, 4.69) is 29.4 Å². The topological polar surface area (TPSA) is 145 Å². The predicted octanol–water partition coefficient (Wildman–Crippen LogP) is 3.39. The third-order valence-corrected chi connectivity index (χ3v) is 7.68. The zero-order valence-corrected chi connectivity index (χ0v) is 20.7. The molecule has 1 amide bonds. The Labute approximate surface area is 194 Å². The Balaban J connectivity index is 2.39. The first-order chi connectivity index (χ1) is 15.0. The monoisotopic (exact) mass is 503 g/mol. The van der Waals surface area contributed by atoms with E-state index < -0.39 is 26.9 Å². The Hall–Kier alpha value is -2.45. The number of nitrogens with zero attached hydrogens (tertiary/aromatic N) is 4. The standard InChI is InChI=1S/C18H25N5O6S3/c1-6-13(16(24)19-17-20-21-18(31-17)30-10-11(2)3)22(32(5,27)28)14-9-12(23(25)26)7-8-15(14)29-4/h7-9,11,13H,6,10H2,1-5H3,(H,19,20,24). The highest BCUT2D eigenvalue weighted by atomic mass is 32.2. The first kappa shape index (κ1) is 25.8. The van der Waals surface area contributed by atoms with E-state index in [9.17, 15) is 23.3 Å². The summed E-state index contributed by atoms with van der Waals surface area (Å²) >= 11 is 2.70. The number of carbonyl (C=O) groups excluding carboxylic acids is 1. The van der Waals surface area contributed by atoms with Crippen molar-refractivity contribution in [2.45, 2.75) is 37.6 Å². The van der Waals surface area contributed by atoms with Gasteiger partial charge in [0.25, 0.3) is 5.69 Å². The van der Waals surface area contributed by atoms with Gasteiger partial charge in [-0.05, 0) is 18.4 Å². The van der Waals surface area contributed by atoms with Crippen LogP contribution in [0.2, 0.25) is 0 Å². The zero-order valence-electron chi connectivity index (χ0n) is 18.3. The van der Waals surface area contributed by atoms with Crippen LogP contribution in [0.1, 0.15) is 27.2 Å². The second kappa shape index (κ2) is 10.9. The minimum atomic E-state index is -4.02. The highest BCUT2D eigenvalue weighted by Gasteiger charge is 2.35. The van der Waals surface area contributed by atoms with Crippen LogP contribution in [0.4, 0.5) is 16.5 Å². The van der Waals surface area contributed by atoms with E-state index in [1.165, 1.54) is 42.3 Å². The normalized spacial score (nSPS) is 12.4. The highest BCUT2D eigenvalue weighted by molar-refractivity contribution is 8.01. The maximum absolute atomic E-state index is 13.0. The molecule has 0 fully saturated rings. The number of anilines is 2. The summed E-state index contributed by atoms with van der Waals surface area (Å²) in [5.41, 5.74) is -0.433. The number of benzene rings is 1. The van der Waals surface area contributed by atoms with E-state index in [0.29, 0.717) is 10.3 Å². The summed E-state index contributed by atoms with van der Waals surface area (Å²) in [6.07, 6.45) is 1.02. The quantitative estimate of drug-likeness (QED) is 0.211. The molecular weight excluding hydrogens is 478 g/mol. The van der Waals surface area contributed by atoms with Gasteiger partial charge in [-0.3, -0.25) is 24.5 Å². The van der Waals surface area contributed by atoms with E-state index in [4.69, 9.17) is 4.74 Å². The Kier molecular flexibility index (Phi) is 8.81. The van der Waals surface area contributed by atoms with Crippen LogP contribution in [0.5, 0.6) is 5.75 Å². The van der Waals surface area contributed by atoms with Crippen LogP contribution in [0.25, 0.3) is 0 Å². The summed E-state index contributed by atoms with van der Waals surface area (Å²) in [5, 5.41) is 22.1. The van der Waals surface area contributed by atoms with Gasteiger partial charge in [-0.2, -0.15) is 0 Å². The fourth-order valence-corrected chi connectivity index (χ4v) is 5.68. The number of non-ortho nitro benzene ring substituents is 1. The molecule has 176 valence electrons. The van der Waals surface area contributed by atoms with Gasteiger partial charge in [-0.1, -0.05) is 43.9 Å². The Bertz CT molecular complexity index is 1070. The molecular formula is C18H25N5O6S3. The average molecular weight is 504 g/mol. The number of nitrogens with one attached hydrogen (secondary N) is 1. The molecule has 1 aromatic carbocycles. The van der Waals surface area contributed by atoms with Gasteiger partial charge in [0.15, 0.2) is 4.34 Å². The molecule has 1 unspecified atom stereocenters. The number of hydrogen-bond acceptors (Lipinski definition) is 10. The van der Waals surface area contributed by atoms with Gasteiger partial charge in [-0.15, -0.1) is 10.2 Å². The van der Waals surface area contributed by atoms with Crippen molar-refractivity contribution in [2.75, 3.05) is 28.7 Å². The second-order valence-electron chi connectivity index (χ2n) is 7.16. The SMILES string of the molecule is CCC(C(=O)Nc1nnc(SCC(C)C)s1)N(c1cc([N+](=O)[O-])ccc1OC)S(C)(=O)=O. The molecule has 1 aromatic heterocycles. The Morgan fingerprint density at radius 3 is 2.59 bits per heavy atom. The van der Waals surface area contributed by atoms with Gasteiger partial charge in [0, 0.05) is 17.9 Å². The van der Waals surface area contributed by atoms with Crippen LogP contribution in [0.3, 0.4) is 0 Å². The van der Waals surface area contributed by atoms with Crippen molar-refractivity contribution in [1.29, 1.82) is 0 Å². The molecule has 2 rings (SSSR count). The van der Waals surface area contributed by atoms with Gasteiger partial charge < -0.3 is 4.74 Å². The van der Waals surface area contributed by atoms with Gasteiger partial charge in [0.1, 0.15) is 17.5 Å². The van der Waals surface area contributed by atoms with Crippen molar-refractivity contribution in [3.8, 4) is 5.75 Å². The molecule has 0 spiro atoms. The summed E-state index contributed by atoms with van der Waals surface area (Å²) in [6.45, 7) is 5.78. The molecule has 1 N–H and O–H groups in total. The molecule has 0 saturated heterocycles. The van der Waals surface area contributed by atoms with Gasteiger partial charge >= 0.3 is 0 Å². The van der Waals surface area contributed by atoms with E-state index in [1.54, 1.807) is 6.92 Å². The molecule has 0 aliphatic rings. The first-order valence-corrected chi connectivity index (χ1v) is 13.2. The van der Waals surface area contributed by atoms with Crippen molar-refractivity contribution in [2.24, 2.45) is 5.92 Å². The molecule has 2 aromatic rings. The van der Waals surface area contributed by atoms with Gasteiger partial charge in [0.2, 0.25) is 21.1 Å². The molecule has 0 saturated carbocycles. The Morgan fingerprint density at radius 1 is 1.38 bits per heavy atom. The van der Waals surface area contributed by atoms with E-state index in [0.717, 1.165) is 22.4 Å². The number of aromatic nitrogens is 2. The molecule has 32 heavy (non-hydrogen) atoms. The van der Waals surface area contributed by atoms with Crippen LogP contribution < -0.4 is 14.4 Å². The van der Waals surface area contributed by atoms with Crippen LogP contribution in [-0.2, 0) is 14.8 Å². The molecule has 0 bridgehead atoms. The predicted molar refractivity (Wildman–Crippen MR) is 125 cm³/mol. The maximum Gasteiger partial charge on any atom is 0.271 e. The minimum absolute atomic E-state index is 0.0792. The van der Waals surface area contributed by atoms with Crippen LogP contribution >= 0.6 is 23.1 Å². The largest absolute Gasteiger partial charge is 0.495 e. The number of nitro benzene ring substituents is 1. The lowest BCUT2D eigenvalue weighted by molar-refractivity contribution is -0.384. The second-order valence-corrected chi connectivity index (χ2v) is 11.3. The van der Waals surface area contributed by atoms with E-state index in [1.807, 2.05) is 0 Å². The minimum Gasteiger partial charge on any atom is -0.495 e. The number of amides is 1. The zero-order chi connectivity index (χ0) is 24.1. The van der Waals surface area contributed by atoms with E-state index >= 15 is 0 Å². The number of hydrogen-bond donors (Lipinski definition) is 1. The first-order valence-electron chi connectivity index (χ1n) is 9.56. The number of thioether (sulfide) groups is 1. The smallest absolute Gasteiger partial charge is 0.271 e. The summed E-state index contributed by atoms with van der Waals surface area (Å²) in [6, 6.07) is 2.36. The third kappa shape index (κ3) is 6.53. The number of rotatable bonds is 11. The number of sulfonamides is 1. The lowest BCUT2D eigenvalue weighted by atomic mass is 10.1. The van der Waals surface area contributed by atoms with Crippen molar-refractivity contribution in [3.63, 3.8) is 0 Å². The number of methoxy groups -OCH3 is 1. The molecule has 11 nitrogen and oxygen atoms in total. The van der Waals surface area contributed by atoms with E-state index in [-0.39, 0.29) is 28.7 Å². The Morgan fingerprint density at radius 2 is 2.06 bits per heavy atom. The molecule has 1 atom stereocenters. The molecule has 14 heteroatoms. The summed E-state index contributed by atoms with van der Waals surface area (Å²) < 4.78 is 32.1. The van der Waals surface area contributed by atoms with Crippen molar-refractivity contribution < 1.29 is 22.9 Å². The van der Waals surface area contributed by atoms with Gasteiger partial charge in [-0.25, -0.2) is 8.42 Å². The van der Waals surface area contributed by atoms with Crippen LogP contribution in [-0.4, -0.2) is 54.6 Å². The summed E-state index contributed by atoms with van der Waals surface area (Å²) in [7, 11) is -2.71. The molecule has 0 radical (unpaired) electrons. The number of nitro groups is 1.